The maximum Gasteiger partial charge on any atom is 0.224 e. The fourth-order valence-electron chi connectivity index (χ4n) is 2.84. The van der Waals surface area contributed by atoms with Gasteiger partial charge < -0.3 is 9.64 Å². The molecule has 0 saturated carbocycles. The van der Waals surface area contributed by atoms with Crippen LogP contribution in [0.2, 0.25) is 0 Å². The Balaban J connectivity index is 1.45. The highest BCUT2D eigenvalue weighted by Crippen LogP contribution is 2.32. The first-order valence-corrected chi connectivity index (χ1v) is 8.14. The molecule has 0 bridgehead atoms. The van der Waals surface area contributed by atoms with Crippen molar-refractivity contribution in [2.75, 3.05) is 18.0 Å². The van der Waals surface area contributed by atoms with Crippen LogP contribution in [0.15, 0.2) is 30.6 Å². The lowest BCUT2D eigenvalue weighted by atomic mass is 9.96. The van der Waals surface area contributed by atoms with Gasteiger partial charge in [-0.2, -0.15) is 10.1 Å². The SMILES string of the molecule is Cc1nccc(Oc2cc(C3CN(c4ccnc(C)n4)C3)nn2C)n1. The summed E-state index contributed by atoms with van der Waals surface area (Å²) in [6, 6.07) is 5.65. The van der Waals surface area contributed by atoms with Crippen LogP contribution in [0.1, 0.15) is 23.3 Å². The molecule has 3 aromatic rings. The van der Waals surface area contributed by atoms with Crippen molar-refractivity contribution in [1.82, 2.24) is 29.7 Å². The average Bonchev–Trinajstić information content (AvgIpc) is 2.86. The van der Waals surface area contributed by atoms with Crippen LogP contribution in [0, 0.1) is 13.8 Å². The Morgan fingerprint density at radius 3 is 2.48 bits per heavy atom. The van der Waals surface area contributed by atoms with E-state index in [1.165, 1.54) is 0 Å². The van der Waals surface area contributed by atoms with E-state index in [2.05, 4.69) is 29.9 Å². The fourth-order valence-corrected chi connectivity index (χ4v) is 2.84. The Kier molecular flexibility index (Phi) is 3.79. The van der Waals surface area contributed by atoms with E-state index in [0.717, 1.165) is 30.4 Å². The van der Waals surface area contributed by atoms with E-state index in [1.54, 1.807) is 23.1 Å². The molecule has 8 nitrogen and oxygen atoms in total. The molecular weight excluding hydrogens is 318 g/mol. The van der Waals surface area contributed by atoms with Crippen LogP contribution < -0.4 is 9.64 Å². The second-order valence-corrected chi connectivity index (χ2v) is 6.14. The molecule has 0 spiro atoms. The molecule has 0 atom stereocenters. The summed E-state index contributed by atoms with van der Waals surface area (Å²) in [4.78, 5) is 19.2. The quantitative estimate of drug-likeness (QED) is 0.720. The van der Waals surface area contributed by atoms with Crippen molar-refractivity contribution in [3.63, 3.8) is 0 Å². The number of hydrogen-bond acceptors (Lipinski definition) is 7. The van der Waals surface area contributed by atoms with Gasteiger partial charge in [0.25, 0.3) is 0 Å². The van der Waals surface area contributed by atoms with E-state index < -0.39 is 0 Å². The van der Waals surface area contributed by atoms with Crippen molar-refractivity contribution in [3.05, 3.63) is 47.9 Å². The first-order chi connectivity index (χ1) is 12.1. The molecule has 1 fully saturated rings. The van der Waals surface area contributed by atoms with Crippen LogP contribution in [0.3, 0.4) is 0 Å². The number of nitrogens with zero attached hydrogens (tertiary/aromatic N) is 7. The Hall–Kier alpha value is -3.03. The summed E-state index contributed by atoms with van der Waals surface area (Å²) in [5, 5.41) is 4.59. The third-order valence-corrected chi connectivity index (χ3v) is 4.20. The molecule has 0 unspecified atom stereocenters. The minimum absolute atomic E-state index is 0.367. The van der Waals surface area contributed by atoms with Gasteiger partial charge in [-0.3, -0.25) is 0 Å². The molecule has 3 aromatic heterocycles. The van der Waals surface area contributed by atoms with E-state index in [0.29, 0.717) is 23.5 Å². The van der Waals surface area contributed by atoms with Crippen LogP contribution in [0.4, 0.5) is 5.82 Å². The molecule has 4 rings (SSSR count). The largest absolute Gasteiger partial charge is 0.421 e. The van der Waals surface area contributed by atoms with E-state index in [1.807, 2.05) is 33.0 Å². The molecule has 1 aliphatic heterocycles. The third kappa shape index (κ3) is 3.15. The van der Waals surface area contributed by atoms with Gasteiger partial charge in [-0.1, -0.05) is 0 Å². The highest BCUT2D eigenvalue weighted by Gasteiger charge is 2.31. The lowest BCUT2D eigenvalue weighted by Crippen LogP contribution is -2.45. The highest BCUT2D eigenvalue weighted by molar-refractivity contribution is 5.44. The minimum Gasteiger partial charge on any atom is -0.421 e. The number of hydrogen-bond donors (Lipinski definition) is 0. The van der Waals surface area contributed by atoms with Crippen LogP contribution in [-0.4, -0.2) is 42.8 Å². The maximum atomic E-state index is 5.83. The Labute approximate surface area is 145 Å². The third-order valence-electron chi connectivity index (χ3n) is 4.20. The van der Waals surface area contributed by atoms with Gasteiger partial charge in [0, 0.05) is 50.6 Å². The Morgan fingerprint density at radius 1 is 1.04 bits per heavy atom. The van der Waals surface area contributed by atoms with Gasteiger partial charge in [0.15, 0.2) is 0 Å². The Bertz CT molecular complexity index is 902. The minimum atomic E-state index is 0.367. The van der Waals surface area contributed by atoms with Crippen LogP contribution in [0.5, 0.6) is 11.8 Å². The van der Waals surface area contributed by atoms with Crippen molar-refractivity contribution < 1.29 is 4.74 Å². The molecular formula is C17H19N7O. The van der Waals surface area contributed by atoms with Crippen molar-refractivity contribution in [2.45, 2.75) is 19.8 Å². The Morgan fingerprint density at radius 2 is 1.76 bits per heavy atom. The van der Waals surface area contributed by atoms with Gasteiger partial charge >= 0.3 is 0 Å². The lowest BCUT2D eigenvalue weighted by Gasteiger charge is -2.39. The zero-order valence-corrected chi connectivity index (χ0v) is 14.4. The smallest absolute Gasteiger partial charge is 0.224 e. The summed E-state index contributed by atoms with van der Waals surface area (Å²) in [6.45, 7) is 5.51. The molecule has 1 aliphatic rings. The van der Waals surface area contributed by atoms with Crippen LogP contribution in [-0.2, 0) is 7.05 Å². The standard InChI is InChI=1S/C17H19N7O/c1-11-18-6-4-15(20-11)24-9-13(10-24)14-8-17(23(3)22-14)25-16-5-7-19-12(2)21-16/h4-8,13H,9-10H2,1-3H3. The summed E-state index contributed by atoms with van der Waals surface area (Å²) in [7, 11) is 1.87. The maximum absolute atomic E-state index is 5.83. The topological polar surface area (TPSA) is 81.9 Å². The summed E-state index contributed by atoms with van der Waals surface area (Å²) in [5.41, 5.74) is 1.02. The van der Waals surface area contributed by atoms with Crippen molar-refractivity contribution in [1.29, 1.82) is 0 Å². The molecule has 1 saturated heterocycles. The van der Waals surface area contributed by atoms with Crippen molar-refractivity contribution in [3.8, 4) is 11.8 Å². The normalized spacial score (nSPS) is 14.4. The molecule has 8 heteroatoms. The van der Waals surface area contributed by atoms with Gasteiger partial charge in [-0.15, -0.1) is 0 Å². The predicted octanol–water partition coefficient (Wildman–Crippen LogP) is 2.01. The van der Waals surface area contributed by atoms with Crippen molar-refractivity contribution in [2.24, 2.45) is 7.05 Å². The lowest BCUT2D eigenvalue weighted by molar-refractivity contribution is 0.412. The van der Waals surface area contributed by atoms with Gasteiger partial charge in [-0.25, -0.2) is 19.6 Å². The van der Waals surface area contributed by atoms with Crippen molar-refractivity contribution >= 4 is 5.82 Å². The average molecular weight is 337 g/mol. The van der Waals surface area contributed by atoms with Gasteiger partial charge in [-0.05, 0) is 19.9 Å². The number of rotatable bonds is 4. The number of ether oxygens (including phenoxy) is 1. The number of aryl methyl sites for hydroxylation is 3. The molecule has 25 heavy (non-hydrogen) atoms. The first-order valence-electron chi connectivity index (χ1n) is 8.14. The number of anilines is 1. The molecule has 128 valence electrons. The van der Waals surface area contributed by atoms with Crippen LogP contribution in [0.25, 0.3) is 0 Å². The summed E-state index contributed by atoms with van der Waals surface area (Å²) in [6.07, 6.45) is 3.48. The van der Waals surface area contributed by atoms with E-state index in [9.17, 15) is 0 Å². The van der Waals surface area contributed by atoms with E-state index in [-0.39, 0.29) is 0 Å². The van der Waals surface area contributed by atoms with Crippen LogP contribution >= 0.6 is 0 Å². The summed E-state index contributed by atoms with van der Waals surface area (Å²) >= 11 is 0. The zero-order chi connectivity index (χ0) is 17.4. The van der Waals surface area contributed by atoms with Gasteiger partial charge in [0.05, 0.1) is 5.69 Å². The van der Waals surface area contributed by atoms with Gasteiger partial charge in [0.2, 0.25) is 11.8 Å². The first kappa shape index (κ1) is 15.5. The van der Waals surface area contributed by atoms with E-state index >= 15 is 0 Å². The van der Waals surface area contributed by atoms with Gasteiger partial charge in [0.1, 0.15) is 17.5 Å². The monoisotopic (exact) mass is 337 g/mol. The fraction of sp³-hybridized carbons (Fsp3) is 0.353. The zero-order valence-electron chi connectivity index (χ0n) is 14.4. The molecule has 0 aromatic carbocycles. The second kappa shape index (κ2) is 6.12. The molecule has 0 amide bonds. The predicted molar refractivity (Wildman–Crippen MR) is 91.8 cm³/mol. The molecule has 0 N–H and O–H groups in total. The second-order valence-electron chi connectivity index (χ2n) is 6.14. The van der Waals surface area contributed by atoms with E-state index in [4.69, 9.17) is 4.74 Å². The summed E-state index contributed by atoms with van der Waals surface area (Å²) < 4.78 is 7.57. The molecule has 0 aliphatic carbocycles. The summed E-state index contributed by atoms with van der Waals surface area (Å²) in [5.74, 6) is 3.99. The molecule has 0 radical (unpaired) electrons. The number of aromatic nitrogens is 6. The molecule has 4 heterocycles. The highest BCUT2D eigenvalue weighted by atomic mass is 16.5.